The monoisotopic (exact) mass is 317 g/mol. The minimum absolute atomic E-state index is 0.482. The summed E-state index contributed by atoms with van der Waals surface area (Å²) in [4.78, 5) is 0. The third-order valence-electron chi connectivity index (χ3n) is 4.67. The fourth-order valence-corrected chi connectivity index (χ4v) is 5.36. The van der Waals surface area contributed by atoms with Gasteiger partial charge < -0.3 is 5.32 Å². The van der Waals surface area contributed by atoms with Crippen molar-refractivity contribution in [3.8, 4) is 0 Å². The predicted octanol–water partition coefficient (Wildman–Crippen LogP) is 1.67. The van der Waals surface area contributed by atoms with Crippen molar-refractivity contribution < 1.29 is 8.42 Å². The average Bonchev–Trinajstić information content (AvgIpc) is 2.48. The van der Waals surface area contributed by atoms with Gasteiger partial charge in [0.25, 0.3) is 10.2 Å². The summed E-state index contributed by atoms with van der Waals surface area (Å²) in [5, 5.41) is 3.35. The van der Waals surface area contributed by atoms with Gasteiger partial charge in [0, 0.05) is 26.2 Å². The molecule has 0 aliphatic carbocycles. The van der Waals surface area contributed by atoms with E-state index in [1.807, 2.05) is 0 Å². The zero-order chi connectivity index (χ0) is 15.3. The summed E-state index contributed by atoms with van der Waals surface area (Å²) in [6.45, 7) is 8.98. The summed E-state index contributed by atoms with van der Waals surface area (Å²) in [6.07, 6.45) is 5.20. The summed E-state index contributed by atoms with van der Waals surface area (Å²) in [7, 11) is -3.27. The fraction of sp³-hybridized carbons (Fsp3) is 1.00. The van der Waals surface area contributed by atoms with Crippen LogP contribution < -0.4 is 5.32 Å². The van der Waals surface area contributed by atoms with E-state index in [9.17, 15) is 8.42 Å². The van der Waals surface area contributed by atoms with E-state index in [2.05, 4.69) is 19.2 Å². The molecule has 5 nitrogen and oxygen atoms in total. The molecule has 0 radical (unpaired) electrons. The largest absolute Gasteiger partial charge is 0.317 e. The van der Waals surface area contributed by atoms with E-state index in [-0.39, 0.29) is 0 Å². The lowest BCUT2D eigenvalue weighted by Crippen LogP contribution is -2.49. The molecule has 0 aromatic carbocycles. The van der Waals surface area contributed by atoms with Gasteiger partial charge in [-0.2, -0.15) is 17.0 Å². The first kappa shape index (κ1) is 17.2. The number of hydrogen-bond donors (Lipinski definition) is 1. The minimum Gasteiger partial charge on any atom is -0.317 e. The molecule has 0 aromatic heterocycles. The second kappa shape index (κ2) is 7.90. The Morgan fingerprint density at radius 3 is 2.57 bits per heavy atom. The van der Waals surface area contributed by atoms with Crippen LogP contribution in [0.5, 0.6) is 0 Å². The average molecular weight is 317 g/mol. The van der Waals surface area contributed by atoms with E-state index in [0.29, 0.717) is 38.0 Å². The van der Waals surface area contributed by atoms with Crippen LogP contribution in [0.25, 0.3) is 0 Å². The molecule has 21 heavy (non-hydrogen) atoms. The van der Waals surface area contributed by atoms with Crippen molar-refractivity contribution in [3.05, 3.63) is 0 Å². The molecule has 0 spiro atoms. The zero-order valence-corrected chi connectivity index (χ0v) is 14.4. The highest BCUT2D eigenvalue weighted by molar-refractivity contribution is 7.86. The zero-order valence-electron chi connectivity index (χ0n) is 13.6. The summed E-state index contributed by atoms with van der Waals surface area (Å²) in [5.41, 5.74) is 0. The lowest BCUT2D eigenvalue weighted by molar-refractivity contribution is 0.237. The Balaban J connectivity index is 2.03. The van der Waals surface area contributed by atoms with Gasteiger partial charge in [-0.3, -0.25) is 0 Å². The molecule has 2 rings (SSSR count). The van der Waals surface area contributed by atoms with Gasteiger partial charge in [0.2, 0.25) is 0 Å². The molecule has 0 aromatic rings. The summed E-state index contributed by atoms with van der Waals surface area (Å²) in [6, 6.07) is 0. The molecular formula is C15H31N3O2S. The highest BCUT2D eigenvalue weighted by Gasteiger charge is 2.33. The Bertz CT molecular complexity index is 407. The van der Waals surface area contributed by atoms with Gasteiger partial charge in [-0.05, 0) is 57.0 Å². The Labute approximate surface area is 130 Å². The van der Waals surface area contributed by atoms with Crippen molar-refractivity contribution in [1.82, 2.24) is 13.9 Å². The van der Waals surface area contributed by atoms with Gasteiger partial charge in [-0.25, -0.2) is 0 Å². The van der Waals surface area contributed by atoms with Crippen LogP contribution in [0.1, 0.15) is 46.0 Å². The smallest absolute Gasteiger partial charge is 0.281 e. The van der Waals surface area contributed by atoms with Crippen LogP contribution in [-0.2, 0) is 10.2 Å². The Hall–Kier alpha value is -0.170. The Kier molecular flexibility index (Phi) is 6.47. The summed E-state index contributed by atoms with van der Waals surface area (Å²) in [5.74, 6) is 0.991. The molecule has 2 saturated heterocycles. The SMILES string of the molecule is CCCN(CC1CCNCC1)S(=O)(=O)N1CCCC(C)C1. The third kappa shape index (κ3) is 4.65. The molecule has 6 heteroatoms. The first-order valence-electron chi connectivity index (χ1n) is 8.50. The molecule has 2 fully saturated rings. The van der Waals surface area contributed by atoms with Crippen molar-refractivity contribution in [2.24, 2.45) is 11.8 Å². The number of rotatable bonds is 6. The predicted molar refractivity (Wildman–Crippen MR) is 86.3 cm³/mol. The van der Waals surface area contributed by atoms with Gasteiger partial charge in [-0.1, -0.05) is 13.8 Å². The van der Waals surface area contributed by atoms with Gasteiger partial charge in [0.15, 0.2) is 0 Å². The highest BCUT2D eigenvalue weighted by Crippen LogP contribution is 2.23. The molecule has 124 valence electrons. The second-order valence-electron chi connectivity index (χ2n) is 6.66. The molecular weight excluding hydrogens is 286 g/mol. The van der Waals surface area contributed by atoms with E-state index in [4.69, 9.17) is 0 Å². The molecule has 1 unspecified atom stereocenters. The molecule has 2 aliphatic rings. The quantitative estimate of drug-likeness (QED) is 0.811. The topological polar surface area (TPSA) is 52.7 Å². The van der Waals surface area contributed by atoms with E-state index in [1.165, 1.54) is 0 Å². The van der Waals surface area contributed by atoms with Crippen LogP contribution in [0.15, 0.2) is 0 Å². The molecule has 0 bridgehead atoms. The van der Waals surface area contributed by atoms with Gasteiger partial charge in [0.05, 0.1) is 0 Å². The van der Waals surface area contributed by atoms with Crippen LogP contribution >= 0.6 is 0 Å². The lowest BCUT2D eigenvalue weighted by Gasteiger charge is -2.36. The molecule has 0 amide bonds. The van der Waals surface area contributed by atoms with Crippen LogP contribution in [0.4, 0.5) is 0 Å². The number of nitrogens with one attached hydrogen (secondary N) is 1. The van der Waals surface area contributed by atoms with Crippen molar-refractivity contribution in [2.75, 3.05) is 39.3 Å². The van der Waals surface area contributed by atoms with E-state index in [1.54, 1.807) is 8.61 Å². The fourth-order valence-electron chi connectivity index (χ4n) is 3.42. The second-order valence-corrected chi connectivity index (χ2v) is 8.59. The van der Waals surface area contributed by atoms with Crippen LogP contribution in [0, 0.1) is 11.8 Å². The van der Waals surface area contributed by atoms with Gasteiger partial charge in [0.1, 0.15) is 0 Å². The number of piperidine rings is 2. The van der Waals surface area contributed by atoms with E-state index in [0.717, 1.165) is 45.2 Å². The standard InChI is InChI=1S/C15H31N3O2S/c1-3-10-17(13-15-6-8-16-9-7-15)21(19,20)18-11-4-5-14(2)12-18/h14-16H,3-13H2,1-2H3. The molecule has 0 saturated carbocycles. The molecule has 2 heterocycles. The van der Waals surface area contributed by atoms with Crippen LogP contribution in [-0.4, -0.2) is 56.3 Å². The van der Waals surface area contributed by atoms with Crippen molar-refractivity contribution in [2.45, 2.75) is 46.0 Å². The summed E-state index contributed by atoms with van der Waals surface area (Å²) < 4.78 is 29.3. The van der Waals surface area contributed by atoms with Crippen molar-refractivity contribution >= 4 is 10.2 Å². The summed E-state index contributed by atoms with van der Waals surface area (Å²) >= 11 is 0. The van der Waals surface area contributed by atoms with Crippen molar-refractivity contribution in [1.29, 1.82) is 0 Å². The van der Waals surface area contributed by atoms with Crippen molar-refractivity contribution in [3.63, 3.8) is 0 Å². The third-order valence-corrected chi connectivity index (χ3v) is 6.63. The normalized spacial score (nSPS) is 26.3. The van der Waals surface area contributed by atoms with E-state index >= 15 is 0 Å². The maximum absolute atomic E-state index is 12.9. The van der Waals surface area contributed by atoms with Crippen LogP contribution in [0.3, 0.4) is 0 Å². The van der Waals surface area contributed by atoms with Crippen LogP contribution in [0.2, 0.25) is 0 Å². The lowest BCUT2D eigenvalue weighted by atomic mass is 9.98. The molecule has 1 atom stereocenters. The molecule has 1 N–H and O–H groups in total. The first-order chi connectivity index (χ1) is 10.0. The Morgan fingerprint density at radius 1 is 1.24 bits per heavy atom. The molecule has 2 aliphatic heterocycles. The first-order valence-corrected chi connectivity index (χ1v) is 9.89. The maximum Gasteiger partial charge on any atom is 0.281 e. The highest BCUT2D eigenvalue weighted by atomic mass is 32.2. The maximum atomic E-state index is 12.9. The Morgan fingerprint density at radius 2 is 1.95 bits per heavy atom. The van der Waals surface area contributed by atoms with Gasteiger partial charge >= 0.3 is 0 Å². The minimum atomic E-state index is -3.27. The van der Waals surface area contributed by atoms with E-state index < -0.39 is 10.2 Å². The number of hydrogen-bond acceptors (Lipinski definition) is 3. The number of nitrogens with zero attached hydrogens (tertiary/aromatic N) is 2. The van der Waals surface area contributed by atoms with Gasteiger partial charge in [-0.15, -0.1) is 0 Å².